The largest absolute Gasteiger partial charge is 0.497 e. The third-order valence-corrected chi connectivity index (χ3v) is 1.44. The maximum atomic E-state index is 10.3. The van der Waals surface area contributed by atoms with Crippen LogP contribution in [-0.4, -0.2) is 18.2 Å². The first-order chi connectivity index (χ1) is 6.79. The number of carbonyl (C=O) groups is 2. The van der Waals surface area contributed by atoms with Crippen molar-refractivity contribution in [3.8, 4) is 0 Å². The van der Waals surface area contributed by atoms with Gasteiger partial charge in [-0.3, -0.25) is 9.59 Å². The quantitative estimate of drug-likeness (QED) is 0.569. The van der Waals surface area contributed by atoms with Crippen molar-refractivity contribution >= 4 is 11.6 Å². The Labute approximate surface area is 89.4 Å². The average molecular weight is 206 g/mol. The van der Waals surface area contributed by atoms with Crippen molar-refractivity contribution in [3.05, 3.63) is 48.8 Å². The van der Waals surface area contributed by atoms with E-state index in [1.165, 1.54) is 24.3 Å². The van der Waals surface area contributed by atoms with Gasteiger partial charge >= 0.3 is 0 Å². The maximum absolute atomic E-state index is 10.3. The second kappa shape index (κ2) is 7.50. The first-order valence-electron chi connectivity index (χ1n) is 4.16. The SMILES string of the molecule is C.C1=CCOC=C1.O=C1C=CC(=O)C=C1. The van der Waals surface area contributed by atoms with E-state index in [-0.39, 0.29) is 19.0 Å². The molecule has 0 radical (unpaired) electrons. The van der Waals surface area contributed by atoms with Crippen LogP contribution >= 0.6 is 0 Å². The van der Waals surface area contributed by atoms with Crippen molar-refractivity contribution in [3.63, 3.8) is 0 Å². The van der Waals surface area contributed by atoms with Crippen LogP contribution in [-0.2, 0) is 14.3 Å². The zero-order valence-corrected chi connectivity index (χ0v) is 7.55. The van der Waals surface area contributed by atoms with Crippen molar-refractivity contribution in [2.24, 2.45) is 0 Å². The monoisotopic (exact) mass is 206 g/mol. The Kier molecular flexibility index (Phi) is 6.55. The molecule has 0 aromatic heterocycles. The fraction of sp³-hybridized carbons (Fsp3) is 0.167. The summed E-state index contributed by atoms with van der Waals surface area (Å²) in [4.78, 5) is 20.6. The summed E-state index contributed by atoms with van der Waals surface area (Å²) in [6, 6.07) is 0. The second-order valence-electron chi connectivity index (χ2n) is 2.56. The summed E-state index contributed by atoms with van der Waals surface area (Å²) in [6.07, 6.45) is 12.5. The molecule has 0 saturated carbocycles. The molecule has 1 aliphatic heterocycles. The standard InChI is InChI=1S/C6H4O2.C5H6O.CH4/c7-5-1-2-6(8)4-3-5;1-2-4-6-5-3-1;/h1-4H;1-4H,5H2;1H4. The van der Waals surface area contributed by atoms with E-state index in [4.69, 9.17) is 4.74 Å². The molecule has 0 bridgehead atoms. The van der Waals surface area contributed by atoms with Gasteiger partial charge in [0.15, 0.2) is 11.6 Å². The van der Waals surface area contributed by atoms with E-state index in [0.29, 0.717) is 0 Å². The lowest BCUT2D eigenvalue weighted by Crippen LogP contribution is -1.97. The van der Waals surface area contributed by atoms with E-state index in [1.807, 2.05) is 18.2 Å². The Morgan fingerprint density at radius 2 is 1.47 bits per heavy atom. The molecule has 0 fully saturated rings. The van der Waals surface area contributed by atoms with E-state index in [1.54, 1.807) is 6.26 Å². The molecule has 3 nitrogen and oxygen atoms in total. The predicted octanol–water partition coefficient (Wildman–Crippen LogP) is 1.97. The highest BCUT2D eigenvalue weighted by Gasteiger charge is 1.97. The van der Waals surface area contributed by atoms with Crippen LogP contribution in [0.25, 0.3) is 0 Å². The van der Waals surface area contributed by atoms with Crippen LogP contribution in [0.5, 0.6) is 0 Å². The van der Waals surface area contributed by atoms with E-state index in [2.05, 4.69) is 0 Å². The third kappa shape index (κ3) is 6.21. The van der Waals surface area contributed by atoms with Gasteiger partial charge < -0.3 is 4.74 Å². The van der Waals surface area contributed by atoms with Gasteiger partial charge in [0.25, 0.3) is 0 Å². The molecule has 0 spiro atoms. The summed E-state index contributed by atoms with van der Waals surface area (Å²) >= 11 is 0. The fourth-order valence-corrected chi connectivity index (χ4v) is 0.786. The van der Waals surface area contributed by atoms with Crippen LogP contribution in [0.1, 0.15) is 7.43 Å². The highest BCUT2D eigenvalue weighted by atomic mass is 16.5. The van der Waals surface area contributed by atoms with Gasteiger partial charge in [0.1, 0.15) is 6.61 Å². The lowest BCUT2D eigenvalue weighted by molar-refractivity contribution is -0.113. The molecule has 1 aliphatic carbocycles. The highest BCUT2D eigenvalue weighted by Crippen LogP contribution is 1.90. The van der Waals surface area contributed by atoms with Crippen molar-refractivity contribution in [1.82, 2.24) is 0 Å². The van der Waals surface area contributed by atoms with Gasteiger partial charge in [0.05, 0.1) is 6.26 Å². The first-order valence-corrected chi connectivity index (χ1v) is 4.16. The molecular formula is C12H14O3. The molecule has 1 heterocycles. The Hall–Kier alpha value is -1.90. The van der Waals surface area contributed by atoms with E-state index in [9.17, 15) is 9.59 Å². The van der Waals surface area contributed by atoms with Gasteiger partial charge in [0, 0.05) is 0 Å². The molecule has 0 N–H and O–H groups in total. The van der Waals surface area contributed by atoms with Gasteiger partial charge in [-0.1, -0.05) is 13.5 Å². The molecule has 80 valence electrons. The molecular weight excluding hydrogens is 192 g/mol. The molecule has 0 atom stereocenters. The highest BCUT2D eigenvalue weighted by molar-refractivity contribution is 6.14. The first kappa shape index (κ1) is 13.1. The third-order valence-electron chi connectivity index (χ3n) is 1.44. The minimum absolute atomic E-state index is 0. The molecule has 15 heavy (non-hydrogen) atoms. The summed E-state index contributed by atoms with van der Waals surface area (Å²) in [5.74, 6) is -0.241. The smallest absolute Gasteiger partial charge is 0.178 e. The van der Waals surface area contributed by atoms with Crippen molar-refractivity contribution in [1.29, 1.82) is 0 Å². The molecule has 2 aliphatic rings. The fourth-order valence-electron chi connectivity index (χ4n) is 0.786. The summed E-state index contributed by atoms with van der Waals surface area (Å²) in [5, 5.41) is 0. The Balaban J connectivity index is 0.000000253. The summed E-state index contributed by atoms with van der Waals surface area (Å²) < 4.78 is 4.80. The van der Waals surface area contributed by atoms with Gasteiger partial charge in [0.2, 0.25) is 0 Å². The van der Waals surface area contributed by atoms with Crippen LogP contribution in [0.2, 0.25) is 0 Å². The summed E-state index contributed by atoms with van der Waals surface area (Å²) in [6.45, 7) is 0.733. The number of allylic oxidation sites excluding steroid dienone is 6. The lowest BCUT2D eigenvalue weighted by Gasteiger charge is -1.94. The molecule has 2 rings (SSSR count). The lowest BCUT2D eigenvalue weighted by atomic mass is 10.2. The number of ketones is 2. The zero-order chi connectivity index (χ0) is 10.2. The minimum atomic E-state index is -0.121. The molecule has 0 amide bonds. The van der Waals surface area contributed by atoms with E-state index in [0.717, 1.165) is 6.61 Å². The average Bonchev–Trinajstić information content (AvgIpc) is 2.26. The number of rotatable bonds is 0. The van der Waals surface area contributed by atoms with Crippen molar-refractivity contribution < 1.29 is 14.3 Å². The van der Waals surface area contributed by atoms with Crippen molar-refractivity contribution in [2.75, 3.05) is 6.61 Å². The normalized spacial score (nSPS) is 16.3. The van der Waals surface area contributed by atoms with Crippen LogP contribution in [0.15, 0.2) is 48.8 Å². The van der Waals surface area contributed by atoms with E-state index < -0.39 is 0 Å². The topological polar surface area (TPSA) is 43.4 Å². The Morgan fingerprint density at radius 3 is 1.67 bits per heavy atom. The molecule has 0 saturated heterocycles. The second-order valence-corrected chi connectivity index (χ2v) is 2.56. The Morgan fingerprint density at radius 1 is 0.933 bits per heavy atom. The summed E-state index contributed by atoms with van der Waals surface area (Å²) in [7, 11) is 0. The van der Waals surface area contributed by atoms with Gasteiger partial charge in [-0.05, 0) is 36.5 Å². The number of carbonyl (C=O) groups excluding carboxylic acids is 2. The molecule has 0 unspecified atom stereocenters. The van der Waals surface area contributed by atoms with Crippen LogP contribution < -0.4 is 0 Å². The van der Waals surface area contributed by atoms with Crippen LogP contribution in [0.4, 0.5) is 0 Å². The number of hydrogen-bond donors (Lipinski definition) is 0. The number of ether oxygens (including phenoxy) is 1. The zero-order valence-electron chi connectivity index (χ0n) is 7.55. The minimum Gasteiger partial charge on any atom is -0.497 e. The summed E-state index contributed by atoms with van der Waals surface area (Å²) in [5.41, 5.74) is 0. The van der Waals surface area contributed by atoms with Crippen LogP contribution in [0.3, 0.4) is 0 Å². The maximum Gasteiger partial charge on any atom is 0.178 e. The Bertz CT molecular complexity index is 283. The van der Waals surface area contributed by atoms with Crippen molar-refractivity contribution in [2.45, 2.75) is 7.43 Å². The number of hydrogen-bond acceptors (Lipinski definition) is 3. The predicted molar refractivity (Wildman–Crippen MR) is 59.3 cm³/mol. The van der Waals surface area contributed by atoms with Gasteiger partial charge in [-0.2, -0.15) is 0 Å². The van der Waals surface area contributed by atoms with Gasteiger partial charge in [-0.15, -0.1) is 0 Å². The van der Waals surface area contributed by atoms with E-state index >= 15 is 0 Å². The molecule has 0 aromatic carbocycles. The van der Waals surface area contributed by atoms with Crippen LogP contribution in [0, 0.1) is 0 Å². The molecule has 0 aromatic rings. The molecule has 3 heteroatoms. The van der Waals surface area contributed by atoms with Gasteiger partial charge in [-0.25, -0.2) is 0 Å².